The summed E-state index contributed by atoms with van der Waals surface area (Å²) in [5.74, 6) is 0.0891. The van der Waals surface area contributed by atoms with Crippen molar-refractivity contribution in [2.45, 2.75) is 26.7 Å². The van der Waals surface area contributed by atoms with Crippen LogP contribution in [0.3, 0.4) is 0 Å². The van der Waals surface area contributed by atoms with Gasteiger partial charge in [-0.25, -0.2) is 0 Å². The molecule has 0 spiro atoms. The molecule has 0 atom stereocenters. The van der Waals surface area contributed by atoms with Crippen molar-refractivity contribution in [2.75, 3.05) is 0 Å². The van der Waals surface area contributed by atoms with E-state index in [4.69, 9.17) is 0 Å². The van der Waals surface area contributed by atoms with Gasteiger partial charge >= 0.3 is 0 Å². The first kappa shape index (κ1) is 21.9. The Morgan fingerprint density at radius 2 is 0.735 bits per heavy atom. The van der Waals surface area contributed by atoms with Crippen LogP contribution in [0.4, 0.5) is 0 Å². The normalized spacial score (nSPS) is 13.6. The van der Waals surface area contributed by atoms with Crippen molar-refractivity contribution in [1.82, 2.24) is 0 Å². The second kappa shape index (κ2) is 9.49. The summed E-state index contributed by atoms with van der Waals surface area (Å²) in [5, 5.41) is 0. The van der Waals surface area contributed by atoms with E-state index < -0.39 is 0 Å². The first-order chi connectivity index (χ1) is 16.7. The van der Waals surface area contributed by atoms with E-state index in [1.165, 1.54) is 11.1 Å². The summed E-state index contributed by atoms with van der Waals surface area (Å²) in [4.78, 5) is 14.3. The summed E-state index contributed by atoms with van der Waals surface area (Å²) in [5.41, 5.74) is 10.2. The largest absolute Gasteiger partial charge is 0.289 e. The van der Waals surface area contributed by atoms with Gasteiger partial charge in [0.05, 0.1) is 0 Å². The summed E-state index contributed by atoms with van der Waals surface area (Å²) in [6.45, 7) is 4.30. The van der Waals surface area contributed by atoms with Crippen LogP contribution in [0, 0.1) is 0 Å². The molecule has 166 valence electrons. The minimum absolute atomic E-state index is 0.0891. The highest BCUT2D eigenvalue weighted by atomic mass is 16.1. The van der Waals surface area contributed by atoms with Crippen molar-refractivity contribution in [3.63, 3.8) is 0 Å². The molecule has 0 amide bonds. The zero-order chi connectivity index (χ0) is 23.5. The molecule has 0 saturated heterocycles. The van der Waals surface area contributed by atoms with Crippen molar-refractivity contribution < 1.29 is 4.79 Å². The molecule has 1 nitrogen and oxygen atoms in total. The highest BCUT2D eigenvalue weighted by Gasteiger charge is 2.35. The molecule has 0 fully saturated rings. The lowest BCUT2D eigenvalue weighted by Gasteiger charge is -2.13. The summed E-state index contributed by atoms with van der Waals surface area (Å²) in [7, 11) is 0. The summed E-state index contributed by atoms with van der Waals surface area (Å²) in [6.07, 6.45) is 1.95. The van der Waals surface area contributed by atoms with Gasteiger partial charge in [-0.15, -0.1) is 0 Å². The first-order valence-electron chi connectivity index (χ1n) is 12.0. The molecule has 0 heterocycles. The van der Waals surface area contributed by atoms with Crippen LogP contribution < -0.4 is 0 Å². The number of hydrogen-bond donors (Lipinski definition) is 0. The highest BCUT2D eigenvalue weighted by molar-refractivity contribution is 6.59. The first-order valence-corrected chi connectivity index (χ1v) is 12.0. The average Bonchev–Trinajstić information content (AvgIpc) is 3.22. The lowest BCUT2D eigenvalue weighted by Crippen LogP contribution is -2.02. The summed E-state index contributed by atoms with van der Waals surface area (Å²) < 4.78 is 0. The van der Waals surface area contributed by atoms with E-state index in [0.29, 0.717) is 0 Å². The smallest absolute Gasteiger partial charge is 0.195 e. The standard InChI is InChI=1S/C33H28O/c1-3-23-15-19-27(20-16-23)31-29(25-11-7-5-8-12-25)30(26-13-9-6-10-14-26)32(33(31)34)28-21-17-24(4-2)18-22-28/h5-22H,3-4H2,1-2H3. The van der Waals surface area contributed by atoms with Crippen molar-refractivity contribution in [3.05, 3.63) is 143 Å². The van der Waals surface area contributed by atoms with Gasteiger partial charge in [0.1, 0.15) is 0 Å². The summed E-state index contributed by atoms with van der Waals surface area (Å²) >= 11 is 0. The van der Waals surface area contributed by atoms with E-state index >= 15 is 0 Å². The van der Waals surface area contributed by atoms with Crippen molar-refractivity contribution >= 4 is 28.1 Å². The Hall–Kier alpha value is -3.97. The number of aryl methyl sites for hydroxylation is 2. The Bertz CT molecular complexity index is 1260. The van der Waals surface area contributed by atoms with E-state index in [9.17, 15) is 4.79 Å². The molecule has 0 saturated carbocycles. The van der Waals surface area contributed by atoms with Gasteiger partial charge in [-0.3, -0.25) is 4.79 Å². The van der Waals surface area contributed by atoms with E-state index in [2.05, 4.69) is 86.6 Å². The van der Waals surface area contributed by atoms with Crippen LogP contribution in [-0.4, -0.2) is 5.78 Å². The van der Waals surface area contributed by atoms with Crippen LogP contribution in [0.15, 0.2) is 109 Å². The molecule has 5 rings (SSSR count). The quantitative estimate of drug-likeness (QED) is 0.298. The highest BCUT2D eigenvalue weighted by Crippen LogP contribution is 2.49. The number of ketones is 1. The third-order valence-electron chi connectivity index (χ3n) is 6.63. The van der Waals surface area contributed by atoms with E-state index in [-0.39, 0.29) is 5.78 Å². The maximum atomic E-state index is 14.3. The number of hydrogen-bond acceptors (Lipinski definition) is 1. The predicted octanol–water partition coefficient (Wildman–Crippen LogP) is 7.92. The number of benzene rings is 4. The van der Waals surface area contributed by atoms with E-state index in [0.717, 1.165) is 57.4 Å². The fraction of sp³-hybridized carbons (Fsp3) is 0.121. The average molecular weight is 441 g/mol. The Labute approximate surface area is 202 Å². The molecule has 0 aliphatic heterocycles. The topological polar surface area (TPSA) is 17.1 Å². The van der Waals surface area contributed by atoms with Gasteiger partial charge < -0.3 is 0 Å². The van der Waals surface area contributed by atoms with Gasteiger partial charge in [-0.05, 0) is 46.2 Å². The zero-order valence-corrected chi connectivity index (χ0v) is 19.7. The van der Waals surface area contributed by atoms with Crippen molar-refractivity contribution in [3.8, 4) is 0 Å². The number of carbonyl (C=O) groups excluding carboxylic acids is 1. The van der Waals surface area contributed by atoms with Gasteiger partial charge in [-0.1, -0.05) is 123 Å². The third kappa shape index (κ3) is 3.95. The molecule has 0 N–H and O–H groups in total. The van der Waals surface area contributed by atoms with Gasteiger partial charge in [0, 0.05) is 22.3 Å². The maximum absolute atomic E-state index is 14.3. The zero-order valence-electron chi connectivity index (χ0n) is 19.7. The van der Waals surface area contributed by atoms with Crippen LogP contribution in [0.1, 0.15) is 47.2 Å². The van der Waals surface area contributed by atoms with Gasteiger partial charge in [0.15, 0.2) is 5.78 Å². The maximum Gasteiger partial charge on any atom is 0.195 e. The molecule has 0 bridgehead atoms. The van der Waals surface area contributed by atoms with Crippen LogP contribution in [-0.2, 0) is 17.6 Å². The fourth-order valence-corrected chi connectivity index (χ4v) is 4.75. The van der Waals surface area contributed by atoms with Crippen LogP contribution in [0.5, 0.6) is 0 Å². The molecular weight excluding hydrogens is 412 g/mol. The lowest BCUT2D eigenvalue weighted by atomic mass is 9.89. The third-order valence-corrected chi connectivity index (χ3v) is 6.63. The molecule has 1 aliphatic rings. The Morgan fingerprint density at radius 1 is 0.412 bits per heavy atom. The molecule has 4 aromatic rings. The minimum Gasteiger partial charge on any atom is -0.289 e. The van der Waals surface area contributed by atoms with Crippen LogP contribution in [0.2, 0.25) is 0 Å². The molecule has 0 radical (unpaired) electrons. The van der Waals surface area contributed by atoms with Crippen molar-refractivity contribution in [1.29, 1.82) is 0 Å². The Morgan fingerprint density at radius 3 is 1.06 bits per heavy atom. The molecule has 1 aliphatic carbocycles. The van der Waals surface area contributed by atoms with Crippen LogP contribution >= 0.6 is 0 Å². The van der Waals surface area contributed by atoms with E-state index in [1.54, 1.807) is 0 Å². The molecular formula is C33H28O. The van der Waals surface area contributed by atoms with Crippen LogP contribution in [0.25, 0.3) is 22.3 Å². The van der Waals surface area contributed by atoms with Gasteiger partial charge in [0.2, 0.25) is 0 Å². The molecule has 1 heteroatoms. The lowest BCUT2D eigenvalue weighted by molar-refractivity contribution is -0.108. The van der Waals surface area contributed by atoms with Gasteiger partial charge in [-0.2, -0.15) is 0 Å². The second-order valence-corrected chi connectivity index (χ2v) is 8.66. The minimum atomic E-state index is 0.0891. The number of carbonyl (C=O) groups is 1. The summed E-state index contributed by atoms with van der Waals surface area (Å²) in [6, 6.07) is 37.6. The molecule has 4 aromatic carbocycles. The molecule has 34 heavy (non-hydrogen) atoms. The monoisotopic (exact) mass is 440 g/mol. The predicted molar refractivity (Wildman–Crippen MR) is 143 cm³/mol. The van der Waals surface area contributed by atoms with Crippen molar-refractivity contribution in [2.24, 2.45) is 0 Å². The molecule has 0 unspecified atom stereocenters. The van der Waals surface area contributed by atoms with E-state index in [1.807, 2.05) is 36.4 Å². The number of allylic oxidation sites excluding steroid dienone is 4. The Kier molecular flexibility index (Phi) is 6.10. The second-order valence-electron chi connectivity index (χ2n) is 8.66. The number of Topliss-reactive ketones (excluding diaryl/α,β-unsaturated/α-hetero) is 1. The number of rotatable bonds is 6. The van der Waals surface area contributed by atoms with Gasteiger partial charge in [0.25, 0.3) is 0 Å². The Balaban J connectivity index is 1.81. The SMILES string of the molecule is CCc1ccc(C2=C(c3ccccc3)C(c3ccccc3)=C(c3ccc(CC)cc3)C2=O)cc1. The molecule has 0 aromatic heterocycles. The fourth-order valence-electron chi connectivity index (χ4n) is 4.75.